The van der Waals surface area contributed by atoms with Gasteiger partial charge in [-0.2, -0.15) is 0 Å². The monoisotopic (exact) mass is 325 g/mol. The number of benzene rings is 1. The number of hydrogen-bond acceptors (Lipinski definition) is 4. The average Bonchev–Trinajstić information content (AvgIpc) is 2.48. The molecule has 1 heterocycles. The molecule has 1 aromatic rings. The van der Waals surface area contributed by atoms with Crippen LogP contribution in [0.25, 0.3) is 0 Å². The van der Waals surface area contributed by atoms with E-state index in [-0.39, 0.29) is 12.1 Å². The molecular weight excluding hydrogens is 298 g/mol. The molecular formula is C17H27NO3S. The van der Waals surface area contributed by atoms with Crippen LogP contribution in [0.1, 0.15) is 39.5 Å². The molecule has 2 rings (SSSR count). The normalized spacial score (nSPS) is 22.7. The van der Waals surface area contributed by atoms with Crippen molar-refractivity contribution in [2.75, 3.05) is 18.2 Å². The Kier molecular flexibility index (Phi) is 5.87. The van der Waals surface area contributed by atoms with Gasteiger partial charge in [-0.05, 0) is 30.9 Å². The third-order valence-electron chi connectivity index (χ3n) is 4.54. The summed E-state index contributed by atoms with van der Waals surface area (Å²) in [5.41, 5.74) is 0.709. The molecule has 1 fully saturated rings. The fraction of sp³-hybridized carbons (Fsp3) is 0.647. The highest BCUT2D eigenvalue weighted by atomic mass is 32.2. The van der Waals surface area contributed by atoms with Crippen LogP contribution in [-0.4, -0.2) is 33.4 Å². The van der Waals surface area contributed by atoms with E-state index < -0.39 is 9.84 Å². The number of rotatable bonds is 6. The van der Waals surface area contributed by atoms with Crippen LogP contribution >= 0.6 is 0 Å². The SMILES string of the molecule is CCC(CC)C1CC(Nc2ccccc2S(C)(=O)=O)CCO1. The van der Waals surface area contributed by atoms with Gasteiger partial charge in [0.05, 0.1) is 16.7 Å². The summed E-state index contributed by atoms with van der Waals surface area (Å²) in [4.78, 5) is 0.376. The number of sulfone groups is 1. The molecule has 1 aliphatic rings. The summed E-state index contributed by atoms with van der Waals surface area (Å²) in [6.45, 7) is 5.14. The lowest BCUT2D eigenvalue weighted by molar-refractivity contribution is -0.0271. The van der Waals surface area contributed by atoms with Crippen molar-refractivity contribution in [1.29, 1.82) is 0 Å². The van der Waals surface area contributed by atoms with E-state index in [0.717, 1.165) is 32.3 Å². The van der Waals surface area contributed by atoms with Crippen molar-refractivity contribution in [3.05, 3.63) is 24.3 Å². The van der Waals surface area contributed by atoms with Gasteiger partial charge in [-0.1, -0.05) is 38.8 Å². The van der Waals surface area contributed by atoms with Gasteiger partial charge < -0.3 is 10.1 Å². The lowest BCUT2D eigenvalue weighted by atomic mass is 9.89. The standard InChI is InChI=1S/C17H27NO3S/c1-4-13(5-2)16-12-14(10-11-21-16)18-15-8-6-7-9-17(15)22(3,19)20/h6-9,13-14,16,18H,4-5,10-12H2,1-3H3. The van der Waals surface area contributed by atoms with Gasteiger partial charge >= 0.3 is 0 Å². The van der Waals surface area contributed by atoms with Crippen LogP contribution in [-0.2, 0) is 14.6 Å². The predicted octanol–water partition coefficient (Wildman–Crippen LogP) is 3.49. The molecule has 0 bridgehead atoms. The molecule has 4 nitrogen and oxygen atoms in total. The number of para-hydroxylation sites is 1. The molecule has 1 aromatic carbocycles. The van der Waals surface area contributed by atoms with Gasteiger partial charge in [0.2, 0.25) is 0 Å². The maximum Gasteiger partial charge on any atom is 0.177 e. The predicted molar refractivity (Wildman–Crippen MR) is 90.0 cm³/mol. The Morgan fingerprint density at radius 2 is 1.95 bits per heavy atom. The highest BCUT2D eigenvalue weighted by molar-refractivity contribution is 7.90. The van der Waals surface area contributed by atoms with Crippen molar-refractivity contribution in [1.82, 2.24) is 0 Å². The van der Waals surface area contributed by atoms with Gasteiger partial charge in [0.25, 0.3) is 0 Å². The minimum absolute atomic E-state index is 0.266. The maximum atomic E-state index is 11.9. The number of ether oxygens (including phenoxy) is 1. The molecule has 0 aromatic heterocycles. The highest BCUT2D eigenvalue weighted by Gasteiger charge is 2.28. The van der Waals surface area contributed by atoms with Gasteiger partial charge in [0.15, 0.2) is 9.84 Å². The smallest absolute Gasteiger partial charge is 0.177 e. The van der Waals surface area contributed by atoms with E-state index in [1.165, 1.54) is 6.26 Å². The molecule has 0 aliphatic carbocycles. The number of anilines is 1. The van der Waals surface area contributed by atoms with Crippen LogP contribution in [0.3, 0.4) is 0 Å². The summed E-state index contributed by atoms with van der Waals surface area (Å²) in [6.07, 6.45) is 5.61. The zero-order chi connectivity index (χ0) is 16.2. The van der Waals surface area contributed by atoms with Crippen LogP contribution in [0.15, 0.2) is 29.2 Å². The Labute approximate surface area is 134 Å². The first-order valence-corrected chi connectivity index (χ1v) is 10.0. The van der Waals surface area contributed by atoms with E-state index in [1.54, 1.807) is 12.1 Å². The van der Waals surface area contributed by atoms with Crippen LogP contribution < -0.4 is 5.32 Å². The van der Waals surface area contributed by atoms with Crippen molar-refractivity contribution in [3.8, 4) is 0 Å². The van der Waals surface area contributed by atoms with Crippen molar-refractivity contribution in [2.24, 2.45) is 5.92 Å². The fourth-order valence-electron chi connectivity index (χ4n) is 3.23. The summed E-state index contributed by atoms with van der Waals surface area (Å²) in [6, 6.07) is 7.41. The van der Waals surface area contributed by atoms with Crippen LogP contribution in [0, 0.1) is 5.92 Å². The first-order chi connectivity index (χ1) is 10.5. The molecule has 5 heteroatoms. The first-order valence-electron chi connectivity index (χ1n) is 8.12. The molecule has 0 spiro atoms. The Hall–Kier alpha value is -1.07. The van der Waals surface area contributed by atoms with Gasteiger partial charge in [0.1, 0.15) is 0 Å². The van der Waals surface area contributed by atoms with Gasteiger partial charge in [-0.15, -0.1) is 0 Å². The highest BCUT2D eigenvalue weighted by Crippen LogP contribution is 2.29. The summed E-state index contributed by atoms with van der Waals surface area (Å²) in [5, 5.41) is 3.43. The molecule has 1 N–H and O–H groups in total. The zero-order valence-corrected chi connectivity index (χ0v) is 14.5. The largest absolute Gasteiger partial charge is 0.381 e. The fourth-order valence-corrected chi connectivity index (χ4v) is 4.08. The van der Waals surface area contributed by atoms with Crippen molar-refractivity contribution >= 4 is 15.5 Å². The molecule has 124 valence electrons. The summed E-state index contributed by atoms with van der Waals surface area (Å²) >= 11 is 0. The van der Waals surface area contributed by atoms with E-state index in [2.05, 4.69) is 19.2 Å². The number of nitrogens with one attached hydrogen (secondary N) is 1. The van der Waals surface area contributed by atoms with Crippen molar-refractivity contribution in [3.63, 3.8) is 0 Å². The Morgan fingerprint density at radius 1 is 1.27 bits per heavy atom. The third-order valence-corrected chi connectivity index (χ3v) is 5.69. The van der Waals surface area contributed by atoms with Gasteiger partial charge in [-0.3, -0.25) is 0 Å². The summed E-state index contributed by atoms with van der Waals surface area (Å²) in [7, 11) is -3.22. The van der Waals surface area contributed by atoms with Gasteiger partial charge in [-0.25, -0.2) is 8.42 Å². The maximum absolute atomic E-state index is 11.9. The molecule has 22 heavy (non-hydrogen) atoms. The first kappa shape index (κ1) is 17.3. The second-order valence-corrected chi connectivity index (χ2v) is 8.10. The van der Waals surface area contributed by atoms with Crippen molar-refractivity contribution < 1.29 is 13.2 Å². The minimum atomic E-state index is -3.22. The molecule has 0 saturated carbocycles. The second-order valence-electron chi connectivity index (χ2n) is 6.12. The van der Waals surface area contributed by atoms with E-state index >= 15 is 0 Å². The van der Waals surface area contributed by atoms with Crippen molar-refractivity contribution in [2.45, 2.75) is 56.6 Å². The lowest BCUT2D eigenvalue weighted by Crippen LogP contribution is -2.38. The summed E-state index contributed by atoms with van der Waals surface area (Å²) < 4.78 is 29.7. The van der Waals surface area contributed by atoms with Gasteiger partial charge in [0, 0.05) is 18.9 Å². The zero-order valence-electron chi connectivity index (χ0n) is 13.7. The topological polar surface area (TPSA) is 55.4 Å². The molecule has 2 unspecified atom stereocenters. The Balaban J connectivity index is 2.11. The number of hydrogen-bond donors (Lipinski definition) is 1. The Morgan fingerprint density at radius 3 is 2.59 bits per heavy atom. The van der Waals surface area contributed by atoms with Crippen LogP contribution in [0.2, 0.25) is 0 Å². The minimum Gasteiger partial charge on any atom is -0.381 e. The average molecular weight is 325 g/mol. The summed E-state index contributed by atoms with van der Waals surface area (Å²) in [5.74, 6) is 0.578. The third kappa shape index (κ3) is 4.23. The van der Waals surface area contributed by atoms with E-state index in [1.807, 2.05) is 12.1 Å². The second kappa shape index (κ2) is 7.47. The van der Waals surface area contributed by atoms with E-state index in [9.17, 15) is 8.42 Å². The van der Waals surface area contributed by atoms with Crippen LogP contribution in [0.5, 0.6) is 0 Å². The van der Waals surface area contributed by atoms with E-state index in [0.29, 0.717) is 16.5 Å². The molecule has 2 atom stereocenters. The lowest BCUT2D eigenvalue weighted by Gasteiger charge is -2.35. The quantitative estimate of drug-likeness (QED) is 0.870. The van der Waals surface area contributed by atoms with E-state index in [4.69, 9.17) is 4.74 Å². The van der Waals surface area contributed by atoms with Crippen LogP contribution in [0.4, 0.5) is 5.69 Å². The molecule has 1 saturated heterocycles. The molecule has 0 radical (unpaired) electrons. The molecule has 1 aliphatic heterocycles. The Bertz CT molecular complexity index is 581. The molecule has 0 amide bonds.